The van der Waals surface area contributed by atoms with E-state index in [9.17, 15) is 4.79 Å². The van der Waals surface area contributed by atoms with Crippen LogP contribution in [0.5, 0.6) is 0 Å². The van der Waals surface area contributed by atoms with Gasteiger partial charge in [-0.3, -0.25) is 9.48 Å². The monoisotopic (exact) mass is 244 g/mol. The van der Waals surface area contributed by atoms with Gasteiger partial charge in [-0.15, -0.1) is 0 Å². The number of carbonyl (C=O) groups is 1. The normalized spacial score (nSPS) is 10.3. The molecule has 1 amide bonds. The Balaban J connectivity index is 2.23. The minimum atomic E-state index is -0.0778. The molecule has 0 atom stereocenters. The van der Waals surface area contributed by atoms with Gasteiger partial charge >= 0.3 is 0 Å². The molecule has 1 heterocycles. The molecule has 1 aromatic carbocycles. The van der Waals surface area contributed by atoms with Gasteiger partial charge in [-0.1, -0.05) is 12.1 Å². The zero-order valence-corrected chi connectivity index (χ0v) is 10.3. The summed E-state index contributed by atoms with van der Waals surface area (Å²) in [6.45, 7) is 2.75. The van der Waals surface area contributed by atoms with E-state index in [2.05, 4.69) is 10.4 Å². The minimum Gasteiger partial charge on any atom is -0.329 e. The lowest BCUT2D eigenvalue weighted by Gasteiger charge is -2.04. The highest BCUT2D eigenvalue weighted by molar-refractivity contribution is 5.89. The van der Waals surface area contributed by atoms with E-state index in [1.54, 1.807) is 10.9 Å². The van der Waals surface area contributed by atoms with Crippen molar-refractivity contribution in [2.24, 2.45) is 5.73 Å². The molecule has 5 heteroatoms. The summed E-state index contributed by atoms with van der Waals surface area (Å²) in [5, 5.41) is 6.98. The highest BCUT2D eigenvalue weighted by atomic mass is 16.1. The number of nitrogens with two attached hydrogens (primary N) is 1. The van der Waals surface area contributed by atoms with Crippen LogP contribution in [-0.2, 0) is 11.3 Å². The van der Waals surface area contributed by atoms with Gasteiger partial charge in [-0.2, -0.15) is 5.10 Å². The zero-order chi connectivity index (χ0) is 13.0. The highest BCUT2D eigenvalue weighted by Gasteiger charge is 2.03. The van der Waals surface area contributed by atoms with Crippen molar-refractivity contribution in [3.63, 3.8) is 0 Å². The second kappa shape index (κ2) is 5.46. The number of nitrogens with one attached hydrogen (secondary N) is 1. The number of benzene rings is 1. The molecule has 94 valence electrons. The summed E-state index contributed by atoms with van der Waals surface area (Å²) in [6.07, 6.45) is 3.74. The third-order valence-corrected chi connectivity index (χ3v) is 2.51. The molecule has 2 rings (SSSR count). The van der Waals surface area contributed by atoms with Crippen LogP contribution in [0.2, 0.25) is 0 Å². The van der Waals surface area contributed by atoms with Crippen LogP contribution in [0.1, 0.15) is 6.92 Å². The molecule has 0 radical (unpaired) electrons. The SMILES string of the molecule is CC(=O)Nc1cccc(-c2cnn(CCN)c2)c1. The number of hydrogen-bond acceptors (Lipinski definition) is 3. The lowest BCUT2D eigenvalue weighted by Crippen LogP contribution is -2.09. The molecule has 0 saturated heterocycles. The molecular formula is C13H16N4O. The maximum Gasteiger partial charge on any atom is 0.221 e. The lowest BCUT2D eigenvalue weighted by molar-refractivity contribution is -0.114. The van der Waals surface area contributed by atoms with Crippen LogP contribution in [0.15, 0.2) is 36.7 Å². The molecule has 1 aromatic heterocycles. The first-order valence-electron chi connectivity index (χ1n) is 5.79. The Morgan fingerprint density at radius 3 is 3.00 bits per heavy atom. The lowest BCUT2D eigenvalue weighted by atomic mass is 10.1. The molecule has 2 aromatic rings. The maximum absolute atomic E-state index is 11.0. The molecule has 0 spiro atoms. The van der Waals surface area contributed by atoms with E-state index in [0.29, 0.717) is 13.1 Å². The van der Waals surface area contributed by atoms with Crippen molar-refractivity contribution in [3.05, 3.63) is 36.7 Å². The Kier molecular flexibility index (Phi) is 3.74. The first-order chi connectivity index (χ1) is 8.69. The summed E-state index contributed by atoms with van der Waals surface area (Å²) < 4.78 is 1.81. The van der Waals surface area contributed by atoms with Crippen LogP contribution < -0.4 is 11.1 Å². The number of hydrogen-bond donors (Lipinski definition) is 2. The Morgan fingerprint density at radius 2 is 2.28 bits per heavy atom. The zero-order valence-electron chi connectivity index (χ0n) is 10.3. The molecule has 0 aliphatic carbocycles. The van der Waals surface area contributed by atoms with Crippen molar-refractivity contribution in [1.29, 1.82) is 0 Å². The third kappa shape index (κ3) is 2.95. The van der Waals surface area contributed by atoms with Crippen LogP contribution in [0.4, 0.5) is 5.69 Å². The first kappa shape index (κ1) is 12.3. The fourth-order valence-corrected chi connectivity index (χ4v) is 1.75. The molecule has 5 nitrogen and oxygen atoms in total. The summed E-state index contributed by atoms with van der Waals surface area (Å²) in [4.78, 5) is 11.0. The van der Waals surface area contributed by atoms with Crippen molar-refractivity contribution >= 4 is 11.6 Å². The standard InChI is InChI=1S/C13H16N4O/c1-10(18)16-13-4-2-3-11(7-13)12-8-15-17(9-12)6-5-14/h2-4,7-9H,5-6,14H2,1H3,(H,16,18). The smallest absolute Gasteiger partial charge is 0.221 e. The van der Waals surface area contributed by atoms with E-state index in [1.807, 2.05) is 30.5 Å². The van der Waals surface area contributed by atoms with E-state index >= 15 is 0 Å². The summed E-state index contributed by atoms with van der Waals surface area (Å²) in [6, 6.07) is 7.66. The predicted molar refractivity (Wildman–Crippen MR) is 71.0 cm³/mol. The number of anilines is 1. The van der Waals surface area contributed by atoms with Crippen molar-refractivity contribution in [1.82, 2.24) is 9.78 Å². The summed E-state index contributed by atoms with van der Waals surface area (Å²) in [7, 11) is 0. The molecule has 0 aliphatic rings. The molecule has 0 fully saturated rings. The Morgan fingerprint density at radius 1 is 1.44 bits per heavy atom. The van der Waals surface area contributed by atoms with Crippen LogP contribution in [0.25, 0.3) is 11.1 Å². The number of aromatic nitrogens is 2. The number of rotatable bonds is 4. The summed E-state index contributed by atoms with van der Waals surface area (Å²) in [5.41, 5.74) is 8.29. The fraction of sp³-hybridized carbons (Fsp3) is 0.231. The summed E-state index contributed by atoms with van der Waals surface area (Å²) in [5.74, 6) is -0.0778. The number of amides is 1. The Labute approximate surface area is 106 Å². The highest BCUT2D eigenvalue weighted by Crippen LogP contribution is 2.22. The van der Waals surface area contributed by atoms with Gasteiger partial charge in [0.1, 0.15) is 0 Å². The number of carbonyl (C=O) groups excluding carboxylic acids is 1. The van der Waals surface area contributed by atoms with E-state index in [0.717, 1.165) is 16.8 Å². The van der Waals surface area contributed by atoms with E-state index in [4.69, 9.17) is 5.73 Å². The van der Waals surface area contributed by atoms with Gasteiger partial charge < -0.3 is 11.1 Å². The minimum absolute atomic E-state index is 0.0778. The maximum atomic E-state index is 11.0. The van der Waals surface area contributed by atoms with Gasteiger partial charge in [0.05, 0.1) is 12.7 Å². The van der Waals surface area contributed by atoms with Gasteiger partial charge in [0.15, 0.2) is 0 Å². The van der Waals surface area contributed by atoms with Crippen LogP contribution in [0.3, 0.4) is 0 Å². The Hall–Kier alpha value is -2.14. The van der Waals surface area contributed by atoms with Gasteiger partial charge in [-0.05, 0) is 17.7 Å². The molecule has 18 heavy (non-hydrogen) atoms. The topological polar surface area (TPSA) is 72.9 Å². The molecule has 3 N–H and O–H groups in total. The number of nitrogens with zero attached hydrogens (tertiary/aromatic N) is 2. The van der Waals surface area contributed by atoms with E-state index in [1.165, 1.54) is 6.92 Å². The van der Waals surface area contributed by atoms with Crippen LogP contribution in [0, 0.1) is 0 Å². The summed E-state index contributed by atoms with van der Waals surface area (Å²) >= 11 is 0. The predicted octanol–water partition coefficient (Wildman–Crippen LogP) is 1.47. The van der Waals surface area contributed by atoms with Crippen LogP contribution >= 0.6 is 0 Å². The van der Waals surface area contributed by atoms with Gasteiger partial charge in [0.2, 0.25) is 5.91 Å². The van der Waals surface area contributed by atoms with Gasteiger partial charge in [0, 0.05) is 30.9 Å². The largest absolute Gasteiger partial charge is 0.329 e. The molecule has 0 saturated carbocycles. The van der Waals surface area contributed by atoms with Gasteiger partial charge in [-0.25, -0.2) is 0 Å². The molecular weight excluding hydrogens is 228 g/mol. The third-order valence-electron chi connectivity index (χ3n) is 2.51. The second-order valence-electron chi connectivity index (χ2n) is 4.04. The van der Waals surface area contributed by atoms with E-state index < -0.39 is 0 Å². The fourth-order valence-electron chi connectivity index (χ4n) is 1.75. The van der Waals surface area contributed by atoms with Gasteiger partial charge in [0.25, 0.3) is 0 Å². The van der Waals surface area contributed by atoms with Crippen LogP contribution in [-0.4, -0.2) is 22.2 Å². The van der Waals surface area contributed by atoms with E-state index in [-0.39, 0.29) is 5.91 Å². The molecule has 0 unspecified atom stereocenters. The average Bonchev–Trinajstić information content (AvgIpc) is 2.78. The average molecular weight is 244 g/mol. The Bertz CT molecular complexity index is 547. The van der Waals surface area contributed by atoms with Crippen molar-refractivity contribution in [2.45, 2.75) is 13.5 Å². The first-order valence-corrected chi connectivity index (χ1v) is 5.79. The molecule has 0 bridgehead atoms. The van der Waals surface area contributed by atoms with Crippen molar-refractivity contribution in [3.8, 4) is 11.1 Å². The second-order valence-corrected chi connectivity index (χ2v) is 4.04. The van der Waals surface area contributed by atoms with Crippen molar-refractivity contribution in [2.75, 3.05) is 11.9 Å². The quantitative estimate of drug-likeness (QED) is 0.855. The molecule has 0 aliphatic heterocycles. The van der Waals surface area contributed by atoms with Crippen molar-refractivity contribution < 1.29 is 4.79 Å².